The number of hydrogen-bond donors (Lipinski definition) is 3. The molecule has 6 nitrogen and oxygen atoms in total. The summed E-state index contributed by atoms with van der Waals surface area (Å²) in [4.78, 5) is 24.0. The van der Waals surface area contributed by atoms with Crippen molar-refractivity contribution in [2.45, 2.75) is 12.5 Å². The quantitative estimate of drug-likeness (QED) is 0.628. The Balaban J connectivity index is 2.43. The van der Waals surface area contributed by atoms with E-state index in [0.717, 1.165) is 11.5 Å². The van der Waals surface area contributed by atoms with Crippen LogP contribution in [0.1, 0.15) is 6.42 Å². The van der Waals surface area contributed by atoms with Crippen molar-refractivity contribution in [3.8, 4) is 0 Å². The highest BCUT2D eigenvalue weighted by atomic mass is 32.2. The van der Waals surface area contributed by atoms with E-state index < -0.39 is 12.0 Å². The van der Waals surface area contributed by atoms with Gasteiger partial charge in [0, 0.05) is 37.6 Å². The molecule has 0 unspecified atom stereocenters. The largest absolute Gasteiger partial charge is 0.480 e. The molecular weight excluding hydrogens is 232 g/mol. The number of aliphatic hydroxyl groups is 1. The summed E-state index contributed by atoms with van der Waals surface area (Å²) in [5, 5.41) is 19.9. The van der Waals surface area contributed by atoms with Gasteiger partial charge in [0.05, 0.1) is 0 Å². The number of hydrogen-bond acceptors (Lipinski definition) is 4. The summed E-state index contributed by atoms with van der Waals surface area (Å²) in [7, 11) is 0. The van der Waals surface area contributed by atoms with E-state index >= 15 is 0 Å². The van der Waals surface area contributed by atoms with E-state index in [2.05, 4.69) is 5.32 Å². The number of carbonyl (C=O) groups is 2. The first-order valence-electron chi connectivity index (χ1n) is 5.12. The summed E-state index contributed by atoms with van der Waals surface area (Å²) in [6.45, 7) is 1.02. The van der Waals surface area contributed by atoms with Crippen molar-refractivity contribution in [2.75, 3.05) is 31.2 Å². The third kappa shape index (κ3) is 3.90. The van der Waals surface area contributed by atoms with Gasteiger partial charge in [-0.2, -0.15) is 11.8 Å². The number of rotatable bonds is 4. The fraction of sp³-hybridized carbons (Fsp3) is 0.778. The first kappa shape index (κ1) is 13.1. The minimum atomic E-state index is -1.12. The van der Waals surface area contributed by atoms with E-state index in [4.69, 9.17) is 10.2 Å². The summed E-state index contributed by atoms with van der Waals surface area (Å²) in [6, 6.07) is -1.37. The minimum Gasteiger partial charge on any atom is -0.480 e. The second kappa shape index (κ2) is 6.59. The lowest BCUT2D eigenvalue weighted by Crippen LogP contribution is -2.50. The molecule has 0 radical (unpaired) electrons. The summed E-state index contributed by atoms with van der Waals surface area (Å²) in [6.07, 6.45) is 0.0314. The van der Waals surface area contributed by atoms with Crippen LogP contribution in [0.2, 0.25) is 0 Å². The molecule has 1 rings (SSSR count). The van der Waals surface area contributed by atoms with E-state index in [0.29, 0.717) is 13.1 Å². The molecule has 0 bridgehead atoms. The predicted molar refractivity (Wildman–Crippen MR) is 60.6 cm³/mol. The molecule has 3 N–H and O–H groups in total. The number of amides is 2. The zero-order chi connectivity index (χ0) is 12.0. The van der Waals surface area contributed by atoms with Gasteiger partial charge in [-0.25, -0.2) is 9.59 Å². The van der Waals surface area contributed by atoms with Crippen LogP contribution in [-0.2, 0) is 4.79 Å². The molecule has 0 aromatic rings. The molecule has 1 aliphatic rings. The zero-order valence-electron chi connectivity index (χ0n) is 8.89. The van der Waals surface area contributed by atoms with Crippen molar-refractivity contribution in [3.63, 3.8) is 0 Å². The van der Waals surface area contributed by atoms with E-state index in [1.807, 2.05) is 0 Å². The second-order valence-electron chi connectivity index (χ2n) is 3.45. The van der Waals surface area contributed by atoms with Crippen molar-refractivity contribution < 1.29 is 19.8 Å². The van der Waals surface area contributed by atoms with E-state index in [9.17, 15) is 9.59 Å². The minimum absolute atomic E-state index is 0.0314. The van der Waals surface area contributed by atoms with Gasteiger partial charge in [-0.15, -0.1) is 0 Å². The van der Waals surface area contributed by atoms with Crippen molar-refractivity contribution in [2.24, 2.45) is 0 Å². The van der Waals surface area contributed by atoms with Gasteiger partial charge in [0.2, 0.25) is 0 Å². The van der Waals surface area contributed by atoms with Gasteiger partial charge in [-0.1, -0.05) is 0 Å². The first-order chi connectivity index (χ1) is 7.65. The van der Waals surface area contributed by atoms with Crippen LogP contribution in [-0.4, -0.2) is 64.4 Å². The van der Waals surface area contributed by atoms with Crippen LogP contribution in [0.3, 0.4) is 0 Å². The first-order valence-corrected chi connectivity index (χ1v) is 6.27. The van der Waals surface area contributed by atoms with Crippen LogP contribution in [0.15, 0.2) is 0 Å². The fourth-order valence-corrected chi connectivity index (χ4v) is 2.30. The monoisotopic (exact) mass is 248 g/mol. The number of carboxylic acid groups (broad SMARTS) is 1. The lowest BCUT2D eigenvalue weighted by Gasteiger charge is -2.27. The Bertz CT molecular complexity index is 256. The Morgan fingerprint density at radius 3 is 2.50 bits per heavy atom. The van der Waals surface area contributed by atoms with Crippen molar-refractivity contribution in [1.29, 1.82) is 0 Å². The maximum atomic E-state index is 11.6. The lowest BCUT2D eigenvalue weighted by atomic mass is 10.2. The van der Waals surface area contributed by atoms with Gasteiger partial charge in [0.1, 0.15) is 6.04 Å². The third-order valence-corrected chi connectivity index (χ3v) is 3.25. The van der Waals surface area contributed by atoms with Gasteiger partial charge in [-0.05, 0) is 0 Å². The molecule has 92 valence electrons. The van der Waals surface area contributed by atoms with Crippen LogP contribution in [0.5, 0.6) is 0 Å². The third-order valence-electron chi connectivity index (χ3n) is 2.31. The average molecular weight is 248 g/mol. The predicted octanol–water partition coefficient (Wildman–Crippen LogP) is -0.420. The molecule has 1 atom stereocenters. The number of thioether (sulfide) groups is 1. The number of nitrogens with zero attached hydrogens (tertiary/aromatic N) is 1. The van der Waals surface area contributed by atoms with Gasteiger partial charge < -0.3 is 20.4 Å². The number of aliphatic hydroxyl groups excluding tert-OH is 1. The van der Waals surface area contributed by atoms with Crippen LogP contribution in [0.4, 0.5) is 4.79 Å². The molecule has 0 aromatic carbocycles. The maximum Gasteiger partial charge on any atom is 0.326 e. The standard InChI is InChI=1S/C9H16N2O4S/c12-4-1-7(8(13)14)10-9(15)11-2-5-16-6-3-11/h7,12H,1-6H2,(H,10,15)(H,13,14)/t7-/m0/s1. The van der Waals surface area contributed by atoms with Crippen LogP contribution in [0, 0.1) is 0 Å². The molecule has 16 heavy (non-hydrogen) atoms. The Morgan fingerprint density at radius 2 is 2.00 bits per heavy atom. The topological polar surface area (TPSA) is 89.9 Å². The maximum absolute atomic E-state index is 11.6. The molecule has 2 amide bonds. The zero-order valence-corrected chi connectivity index (χ0v) is 9.70. The van der Waals surface area contributed by atoms with Gasteiger partial charge >= 0.3 is 12.0 Å². The summed E-state index contributed by atoms with van der Waals surface area (Å²) >= 11 is 1.77. The number of aliphatic carboxylic acids is 1. The molecule has 0 saturated carbocycles. The highest BCUT2D eigenvalue weighted by Gasteiger charge is 2.23. The Hall–Kier alpha value is -0.950. The van der Waals surface area contributed by atoms with E-state index in [1.54, 1.807) is 16.7 Å². The van der Waals surface area contributed by atoms with Crippen molar-refractivity contribution in [1.82, 2.24) is 10.2 Å². The van der Waals surface area contributed by atoms with Gasteiger partial charge in [-0.3, -0.25) is 0 Å². The number of carbonyl (C=O) groups excluding carboxylic acids is 1. The lowest BCUT2D eigenvalue weighted by molar-refractivity contribution is -0.139. The summed E-state index contributed by atoms with van der Waals surface area (Å²) < 4.78 is 0. The molecule has 1 heterocycles. The highest BCUT2D eigenvalue weighted by molar-refractivity contribution is 7.99. The van der Waals surface area contributed by atoms with Gasteiger partial charge in [0.25, 0.3) is 0 Å². The molecule has 0 spiro atoms. The Labute approximate surface area is 98.0 Å². The van der Waals surface area contributed by atoms with Crippen molar-refractivity contribution >= 4 is 23.8 Å². The molecule has 0 aliphatic carbocycles. The van der Waals surface area contributed by atoms with E-state index in [1.165, 1.54) is 0 Å². The van der Waals surface area contributed by atoms with E-state index in [-0.39, 0.29) is 19.1 Å². The van der Waals surface area contributed by atoms with Crippen LogP contribution < -0.4 is 5.32 Å². The van der Waals surface area contributed by atoms with Gasteiger partial charge in [0.15, 0.2) is 0 Å². The van der Waals surface area contributed by atoms with Crippen molar-refractivity contribution in [3.05, 3.63) is 0 Å². The fourth-order valence-electron chi connectivity index (χ4n) is 1.39. The second-order valence-corrected chi connectivity index (χ2v) is 4.68. The smallest absolute Gasteiger partial charge is 0.326 e. The number of nitrogens with one attached hydrogen (secondary N) is 1. The Morgan fingerprint density at radius 1 is 1.38 bits per heavy atom. The molecule has 0 aromatic heterocycles. The number of carboxylic acids is 1. The molecule has 7 heteroatoms. The molecular formula is C9H16N2O4S. The molecule has 1 aliphatic heterocycles. The summed E-state index contributed by atoms with van der Waals surface area (Å²) in [5.74, 6) is 0.643. The summed E-state index contributed by atoms with van der Waals surface area (Å²) in [5.41, 5.74) is 0. The number of urea groups is 1. The molecule has 1 fully saturated rings. The SMILES string of the molecule is O=C(O)[C@H](CCO)NC(=O)N1CCSCC1. The van der Waals surface area contributed by atoms with Crippen LogP contribution >= 0.6 is 11.8 Å². The highest BCUT2D eigenvalue weighted by Crippen LogP contribution is 2.09. The normalized spacial score (nSPS) is 17.9. The Kier molecular flexibility index (Phi) is 5.41. The van der Waals surface area contributed by atoms with Crippen LogP contribution in [0.25, 0.3) is 0 Å². The molecule has 1 saturated heterocycles. The average Bonchev–Trinajstić information content (AvgIpc) is 2.29.